The summed E-state index contributed by atoms with van der Waals surface area (Å²) >= 11 is 0. The molecule has 0 saturated carbocycles. The van der Waals surface area contributed by atoms with E-state index in [4.69, 9.17) is 0 Å². The van der Waals surface area contributed by atoms with Crippen molar-refractivity contribution in [2.75, 3.05) is 14.2 Å². The molecule has 0 atom stereocenters. The van der Waals surface area contributed by atoms with Gasteiger partial charge in [0.2, 0.25) is 0 Å². The minimum atomic E-state index is 0.841. The Balaban J connectivity index is -0.000000136. The summed E-state index contributed by atoms with van der Waals surface area (Å²) in [6, 6.07) is 0. The highest BCUT2D eigenvalue weighted by molar-refractivity contribution is 5.78. The number of allylic oxidation sites excluding steroid dienone is 2. The van der Waals surface area contributed by atoms with E-state index in [2.05, 4.69) is 28.1 Å². The molecule has 0 radical (unpaired) electrons. The Kier molecular flexibility index (Phi) is 40.6. The molecule has 0 N–H and O–H groups in total. The highest BCUT2D eigenvalue weighted by atomic mass is 19.3. The van der Waals surface area contributed by atoms with Crippen molar-refractivity contribution in [2.45, 2.75) is 41.2 Å². The van der Waals surface area contributed by atoms with Crippen molar-refractivity contribution in [3.8, 4) is 0 Å². The molecule has 0 unspecified atom stereocenters. The zero-order valence-electron chi connectivity index (χ0n) is 14.6. The van der Waals surface area contributed by atoms with Crippen molar-refractivity contribution < 1.29 is 9.47 Å². The number of imidazole rings is 1. The molecule has 0 spiro atoms. The maximum atomic E-state index is 9.79. The summed E-state index contributed by atoms with van der Waals surface area (Å²) in [5, 5.41) is 0. The predicted molar refractivity (Wildman–Crippen MR) is 92.5 cm³/mol. The molecule has 0 aliphatic rings. The van der Waals surface area contributed by atoms with Gasteiger partial charge < -0.3 is 4.57 Å². The lowest BCUT2D eigenvalue weighted by atomic mass is 10.3. The van der Waals surface area contributed by atoms with E-state index in [9.17, 15) is 4.53 Å². The van der Waals surface area contributed by atoms with Crippen LogP contribution in [0.2, 0.25) is 0 Å². The van der Waals surface area contributed by atoms with Crippen LogP contribution in [-0.4, -0.2) is 29.9 Å². The van der Waals surface area contributed by atoms with E-state index in [1.54, 1.807) is 19.6 Å². The summed E-state index contributed by atoms with van der Waals surface area (Å²) in [6.45, 7) is 16.8. The summed E-state index contributed by atoms with van der Waals surface area (Å²) in [6.07, 6.45) is 9.42. The molecule has 0 bridgehead atoms. The Labute approximate surface area is 130 Å². The Morgan fingerprint density at radius 1 is 1.33 bits per heavy atom. The van der Waals surface area contributed by atoms with Crippen LogP contribution in [0.4, 0.5) is 4.53 Å². The van der Waals surface area contributed by atoms with Gasteiger partial charge in [0.25, 0.3) is 0 Å². The van der Waals surface area contributed by atoms with E-state index >= 15 is 0 Å². The van der Waals surface area contributed by atoms with Gasteiger partial charge in [-0.15, -0.1) is 13.2 Å². The molecule has 0 aliphatic heterocycles. The molecule has 4 nitrogen and oxygen atoms in total. The van der Waals surface area contributed by atoms with Gasteiger partial charge in [0.15, 0.2) is 0 Å². The van der Waals surface area contributed by atoms with Crippen LogP contribution in [0.3, 0.4) is 0 Å². The summed E-state index contributed by atoms with van der Waals surface area (Å²) in [4.78, 5) is 10.7. The monoisotopic (exact) mass is 301 g/mol. The first-order valence-electron chi connectivity index (χ1n) is 6.96. The molecule has 21 heavy (non-hydrogen) atoms. The van der Waals surface area contributed by atoms with Gasteiger partial charge in [-0.2, -0.15) is 4.94 Å². The fourth-order valence-corrected chi connectivity index (χ4v) is 0.964. The third-order valence-corrected chi connectivity index (χ3v) is 1.59. The zero-order chi connectivity index (χ0) is 17.5. The minimum Gasteiger partial charge on any atom is -0.333 e. The van der Waals surface area contributed by atoms with Crippen LogP contribution in [0, 0.1) is 0 Å². The van der Waals surface area contributed by atoms with Crippen molar-refractivity contribution in [1.82, 2.24) is 9.55 Å². The number of rotatable bonds is 3. The first-order chi connectivity index (χ1) is 10.3. The highest BCUT2D eigenvalue weighted by Crippen LogP contribution is 1.96. The fraction of sp³-hybridized carbons (Fsp3) is 0.500. The normalized spacial score (nSPS) is 8.86. The third-order valence-electron chi connectivity index (χ3n) is 1.59. The number of aliphatic imine (C=N–C) groups is 1. The highest BCUT2D eigenvalue weighted by Gasteiger charge is 1.92. The molecule has 0 saturated heterocycles. The molecule has 0 aliphatic carbocycles. The second-order valence-corrected chi connectivity index (χ2v) is 2.64. The van der Waals surface area contributed by atoms with Gasteiger partial charge in [0, 0.05) is 32.2 Å². The Bertz CT molecular complexity index is 309. The standard InChI is InChI=1S/C9H13N3.2C2H6.C2H4.CH3FO/c1-3-9(6-10-2)7-12-5-4-11-8-12;3*1-2;1-3-2/h3-6,8H,7H2,1-2H3;2*1-2H3;1-2H2;1H3/b9-3+,10-6?;;;;. The zero-order valence-corrected chi connectivity index (χ0v) is 14.6. The summed E-state index contributed by atoms with van der Waals surface area (Å²) in [7, 11) is 2.73. The second kappa shape index (κ2) is 30.9. The average Bonchev–Trinajstić information content (AvgIpc) is 3.06. The minimum absolute atomic E-state index is 0.841. The van der Waals surface area contributed by atoms with Gasteiger partial charge in [-0.25, -0.2) is 4.98 Å². The molecular weight excluding hydrogens is 269 g/mol. The SMILES string of the molecule is C/C=C(\C=NC)Cn1ccnc1.C=C.CC.CC.COF. The summed E-state index contributed by atoms with van der Waals surface area (Å²) in [5.74, 6) is 0. The Morgan fingerprint density at radius 3 is 2.10 bits per heavy atom. The maximum absolute atomic E-state index is 9.79. The predicted octanol–water partition coefficient (Wildman–Crippen LogP) is 4.90. The molecule has 0 amide bonds. The Hall–Kier alpha value is -1.75. The van der Waals surface area contributed by atoms with E-state index in [0.29, 0.717) is 0 Å². The number of hydrogen-bond donors (Lipinski definition) is 0. The molecule has 124 valence electrons. The van der Waals surface area contributed by atoms with Crippen molar-refractivity contribution in [1.29, 1.82) is 0 Å². The maximum Gasteiger partial charge on any atom is 0.0949 e. The van der Waals surface area contributed by atoms with E-state index in [1.165, 1.54) is 5.57 Å². The van der Waals surface area contributed by atoms with E-state index in [1.807, 2.05) is 57.7 Å². The van der Waals surface area contributed by atoms with E-state index in [0.717, 1.165) is 13.7 Å². The number of nitrogens with zero attached hydrogens (tertiary/aromatic N) is 3. The first kappa shape index (κ1) is 27.6. The molecule has 1 heterocycles. The van der Waals surface area contributed by atoms with E-state index in [-0.39, 0.29) is 0 Å². The quantitative estimate of drug-likeness (QED) is 0.588. The molecule has 5 heteroatoms. The molecule has 0 aromatic carbocycles. The average molecular weight is 301 g/mol. The first-order valence-corrected chi connectivity index (χ1v) is 6.96. The molecule has 1 aromatic rings. The largest absolute Gasteiger partial charge is 0.333 e. The van der Waals surface area contributed by atoms with Crippen LogP contribution >= 0.6 is 0 Å². The summed E-state index contributed by atoms with van der Waals surface area (Å²) in [5.41, 5.74) is 1.19. The molecule has 1 aromatic heterocycles. The van der Waals surface area contributed by atoms with Crippen LogP contribution in [0.25, 0.3) is 0 Å². The van der Waals surface area contributed by atoms with E-state index < -0.39 is 0 Å². The fourth-order valence-electron chi connectivity index (χ4n) is 0.964. The van der Waals surface area contributed by atoms with Crippen LogP contribution in [0.5, 0.6) is 0 Å². The van der Waals surface area contributed by atoms with Crippen molar-refractivity contribution >= 4 is 6.21 Å². The van der Waals surface area contributed by atoms with Crippen molar-refractivity contribution in [3.63, 3.8) is 0 Å². The van der Waals surface area contributed by atoms with Gasteiger partial charge in [0.1, 0.15) is 0 Å². The lowest BCUT2D eigenvalue weighted by Gasteiger charge is -2.00. The lowest BCUT2D eigenvalue weighted by Crippen LogP contribution is -1.98. The van der Waals surface area contributed by atoms with Crippen LogP contribution < -0.4 is 0 Å². The van der Waals surface area contributed by atoms with Crippen LogP contribution in [-0.2, 0) is 11.5 Å². The number of hydrogen-bond acceptors (Lipinski definition) is 3. The number of aromatic nitrogens is 2. The Morgan fingerprint density at radius 2 is 1.81 bits per heavy atom. The van der Waals surface area contributed by atoms with Gasteiger partial charge in [-0.1, -0.05) is 33.8 Å². The second-order valence-electron chi connectivity index (χ2n) is 2.64. The summed E-state index contributed by atoms with van der Waals surface area (Å²) < 4.78 is 11.8. The van der Waals surface area contributed by atoms with Crippen LogP contribution in [0.15, 0.2) is 48.5 Å². The van der Waals surface area contributed by atoms with Crippen molar-refractivity contribution in [3.05, 3.63) is 43.5 Å². The van der Waals surface area contributed by atoms with Gasteiger partial charge >= 0.3 is 0 Å². The lowest BCUT2D eigenvalue weighted by molar-refractivity contribution is -0.0960. The van der Waals surface area contributed by atoms with Crippen molar-refractivity contribution in [2.24, 2.45) is 4.99 Å². The third kappa shape index (κ3) is 23.7. The van der Waals surface area contributed by atoms with Gasteiger partial charge in [-0.3, -0.25) is 4.99 Å². The number of halogens is 1. The topological polar surface area (TPSA) is 39.4 Å². The van der Waals surface area contributed by atoms with Gasteiger partial charge in [-0.05, 0) is 17.0 Å². The molecule has 1 rings (SSSR count). The van der Waals surface area contributed by atoms with Gasteiger partial charge in [0.05, 0.1) is 13.4 Å². The smallest absolute Gasteiger partial charge is 0.0949 e. The molecular formula is C16H32FN3O. The molecule has 0 fully saturated rings. The van der Waals surface area contributed by atoms with Crippen LogP contribution in [0.1, 0.15) is 34.6 Å².